The van der Waals surface area contributed by atoms with Gasteiger partial charge in [-0.05, 0) is 45.2 Å². The van der Waals surface area contributed by atoms with Crippen LogP contribution in [-0.2, 0) is 14.4 Å². The molecule has 2 heterocycles. The molecule has 7 heteroatoms. The summed E-state index contributed by atoms with van der Waals surface area (Å²) in [4.78, 5) is 40.6. The molecule has 0 spiro atoms. The van der Waals surface area contributed by atoms with E-state index in [1.165, 1.54) is 0 Å². The van der Waals surface area contributed by atoms with Crippen LogP contribution in [0.2, 0.25) is 0 Å². The minimum Gasteiger partial charge on any atom is -0.494 e. The molecule has 0 bridgehead atoms. The van der Waals surface area contributed by atoms with E-state index in [-0.39, 0.29) is 35.7 Å². The van der Waals surface area contributed by atoms with E-state index < -0.39 is 0 Å². The van der Waals surface area contributed by atoms with Crippen LogP contribution in [0.3, 0.4) is 0 Å². The standard InChI is InChI=1S/C23H33N3O4/c1-17(2)26-16-18(15-22(26)28)23(29)24-19-10-12-25(13-11-19)21(27)9-6-14-30-20-7-4-3-5-8-20/h3-5,7-8,17-19H,6,9-16H2,1-2H3,(H,24,29). The average molecular weight is 416 g/mol. The number of benzene rings is 1. The second kappa shape index (κ2) is 10.5. The number of carbonyl (C=O) groups is 3. The van der Waals surface area contributed by atoms with Gasteiger partial charge in [0.25, 0.3) is 0 Å². The van der Waals surface area contributed by atoms with Crippen molar-refractivity contribution in [2.24, 2.45) is 5.92 Å². The highest BCUT2D eigenvalue weighted by atomic mass is 16.5. The molecule has 2 aliphatic heterocycles. The van der Waals surface area contributed by atoms with E-state index in [9.17, 15) is 14.4 Å². The first kappa shape index (κ1) is 22.1. The lowest BCUT2D eigenvalue weighted by Crippen LogP contribution is -2.48. The zero-order chi connectivity index (χ0) is 21.5. The highest BCUT2D eigenvalue weighted by Crippen LogP contribution is 2.21. The summed E-state index contributed by atoms with van der Waals surface area (Å²) in [5.74, 6) is 0.729. The van der Waals surface area contributed by atoms with Crippen molar-refractivity contribution in [3.63, 3.8) is 0 Å². The molecule has 2 aliphatic rings. The first-order valence-electron chi connectivity index (χ1n) is 11.0. The molecule has 164 valence electrons. The summed E-state index contributed by atoms with van der Waals surface area (Å²) in [6, 6.07) is 9.80. The van der Waals surface area contributed by atoms with Crippen molar-refractivity contribution in [3.05, 3.63) is 30.3 Å². The molecule has 30 heavy (non-hydrogen) atoms. The summed E-state index contributed by atoms with van der Waals surface area (Å²) in [5, 5.41) is 3.09. The summed E-state index contributed by atoms with van der Waals surface area (Å²) < 4.78 is 5.64. The van der Waals surface area contributed by atoms with Gasteiger partial charge in [0.05, 0.1) is 12.5 Å². The molecular formula is C23H33N3O4. The fraction of sp³-hybridized carbons (Fsp3) is 0.609. The van der Waals surface area contributed by atoms with Gasteiger partial charge in [-0.1, -0.05) is 18.2 Å². The van der Waals surface area contributed by atoms with Gasteiger partial charge in [0.2, 0.25) is 17.7 Å². The molecule has 1 unspecified atom stereocenters. The lowest BCUT2D eigenvalue weighted by molar-refractivity contribution is -0.133. The quantitative estimate of drug-likeness (QED) is 0.661. The molecule has 2 saturated heterocycles. The van der Waals surface area contributed by atoms with Gasteiger partial charge in [0.1, 0.15) is 5.75 Å². The van der Waals surface area contributed by atoms with Gasteiger partial charge in [0, 0.05) is 44.6 Å². The van der Waals surface area contributed by atoms with E-state index in [4.69, 9.17) is 4.74 Å². The number of para-hydroxylation sites is 1. The van der Waals surface area contributed by atoms with E-state index in [0.717, 1.165) is 18.6 Å². The molecule has 1 N–H and O–H groups in total. The lowest BCUT2D eigenvalue weighted by Gasteiger charge is -2.33. The van der Waals surface area contributed by atoms with Crippen LogP contribution in [0.15, 0.2) is 30.3 Å². The highest BCUT2D eigenvalue weighted by Gasteiger charge is 2.36. The maximum atomic E-state index is 12.5. The topological polar surface area (TPSA) is 79.0 Å². The Morgan fingerprint density at radius 2 is 1.87 bits per heavy atom. The van der Waals surface area contributed by atoms with Crippen LogP contribution in [0, 0.1) is 5.92 Å². The lowest BCUT2D eigenvalue weighted by atomic mass is 10.0. The Bertz CT molecular complexity index is 729. The molecule has 7 nitrogen and oxygen atoms in total. The first-order chi connectivity index (χ1) is 14.4. The maximum Gasteiger partial charge on any atom is 0.225 e. The molecular weight excluding hydrogens is 382 g/mol. The van der Waals surface area contributed by atoms with E-state index in [1.54, 1.807) is 4.90 Å². The normalized spacial score (nSPS) is 20.0. The number of ether oxygens (including phenoxy) is 1. The third-order valence-electron chi connectivity index (χ3n) is 5.89. The summed E-state index contributed by atoms with van der Waals surface area (Å²) in [5.41, 5.74) is 0. The number of hydrogen-bond donors (Lipinski definition) is 1. The number of amides is 3. The van der Waals surface area contributed by atoms with Gasteiger partial charge in [-0.2, -0.15) is 0 Å². The SMILES string of the molecule is CC(C)N1CC(C(=O)NC2CCN(C(=O)CCCOc3ccccc3)CC2)CC1=O. The maximum absolute atomic E-state index is 12.5. The fourth-order valence-electron chi connectivity index (χ4n) is 4.09. The smallest absolute Gasteiger partial charge is 0.225 e. The van der Waals surface area contributed by atoms with Crippen LogP contribution in [0.25, 0.3) is 0 Å². The second-order valence-corrected chi connectivity index (χ2v) is 8.47. The molecule has 0 saturated carbocycles. The molecule has 0 aromatic heterocycles. The number of nitrogens with one attached hydrogen (secondary N) is 1. The Kier molecular flexibility index (Phi) is 7.71. The van der Waals surface area contributed by atoms with Crippen LogP contribution in [0.4, 0.5) is 0 Å². The number of hydrogen-bond acceptors (Lipinski definition) is 4. The highest BCUT2D eigenvalue weighted by molar-refractivity contribution is 5.89. The van der Waals surface area contributed by atoms with E-state index in [2.05, 4.69) is 5.32 Å². The third kappa shape index (κ3) is 5.97. The molecule has 1 aromatic carbocycles. The number of likely N-dealkylation sites (tertiary alicyclic amines) is 2. The number of rotatable bonds is 8. The second-order valence-electron chi connectivity index (χ2n) is 8.47. The summed E-state index contributed by atoms with van der Waals surface area (Å²) in [6.45, 7) is 6.29. The van der Waals surface area contributed by atoms with Crippen LogP contribution in [-0.4, -0.2) is 65.8 Å². The zero-order valence-corrected chi connectivity index (χ0v) is 18.0. The molecule has 0 radical (unpaired) electrons. The Morgan fingerprint density at radius 3 is 2.50 bits per heavy atom. The monoisotopic (exact) mass is 415 g/mol. The van der Waals surface area contributed by atoms with Gasteiger partial charge in [-0.3, -0.25) is 14.4 Å². The van der Waals surface area contributed by atoms with Crippen molar-refractivity contribution < 1.29 is 19.1 Å². The first-order valence-corrected chi connectivity index (χ1v) is 11.0. The van der Waals surface area contributed by atoms with Crippen LogP contribution < -0.4 is 10.1 Å². The third-order valence-corrected chi connectivity index (χ3v) is 5.89. The van der Waals surface area contributed by atoms with Crippen LogP contribution in [0.5, 0.6) is 5.75 Å². The molecule has 1 aromatic rings. The van der Waals surface area contributed by atoms with Crippen molar-refractivity contribution in [1.29, 1.82) is 0 Å². The molecule has 3 amide bonds. The van der Waals surface area contributed by atoms with Crippen molar-refractivity contribution in [2.75, 3.05) is 26.2 Å². The van der Waals surface area contributed by atoms with Crippen molar-refractivity contribution in [1.82, 2.24) is 15.1 Å². The largest absolute Gasteiger partial charge is 0.494 e. The predicted octanol–water partition coefficient (Wildman–Crippen LogP) is 2.21. The number of nitrogens with zero attached hydrogens (tertiary/aromatic N) is 2. The number of carbonyl (C=O) groups excluding carboxylic acids is 3. The molecule has 2 fully saturated rings. The fourth-order valence-corrected chi connectivity index (χ4v) is 4.09. The van der Waals surface area contributed by atoms with Crippen molar-refractivity contribution in [2.45, 2.75) is 58.0 Å². The Hall–Kier alpha value is -2.57. The van der Waals surface area contributed by atoms with Crippen molar-refractivity contribution >= 4 is 17.7 Å². The number of piperidine rings is 1. The average Bonchev–Trinajstić information content (AvgIpc) is 3.14. The van der Waals surface area contributed by atoms with Gasteiger partial charge < -0.3 is 19.9 Å². The Balaban J connectivity index is 1.33. The molecule has 0 aliphatic carbocycles. The van der Waals surface area contributed by atoms with Gasteiger partial charge in [-0.25, -0.2) is 0 Å². The zero-order valence-electron chi connectivity index (χ0n) is 18.0. The molecule has 3 rings (SSSR count). The van der Waals surface area contributed by atoms with Crippen LogP contribution >= 0.6 is 0 Å². The van der Waals surface area contributed by atoms with Crippen LogP contribution in [0.1, 0.15) is 46.0 Å². The predicted molar refractivity (Wildman–Crippen MR) is 114 cm³/mol. The summed E-state index contributed by atoms with van der Waals surface area (Å²) in [7, 11) is 0. The van der Waals surface area contributed by atoms with Gasteiger partial charge in [-0.15, -0.1) is 0 Å². The Labute approximate surface area is 178 Å². The minimum atomic E-state index is -0.260. The van der Waals surface area contributed by atoms with Crippen molar-refractivity contribution in [3.8, 4) is 5.75 Å². The van der Waals surface area contributed by atoms with Gasteiger partial charge >= 0.3 is 0 Å². The summed E-state index contributed by atoms with van der Waals surface area (Å²) in [6.07, 6.45) is 2.97. The van der Waals surface area contributed by atoms with Gasteiger partial charge in [0.15, 0.2) is 0 Å². The summed E-state index contributed by atoms with van der Waals surface area (Å²) >= 11 is 0. The van der Waals surface area contributed by atoms with E-state index >= 15 is 0 Å². The minimum absolute atomic E-state index is 0.0330. The van der Waals surface area contributed by atoms with E-state index in [1.807, 2.05) is 49.1 Å². The molecule has 1 atom stereocenters. The van der Waals surface area contributed by atoms with E-state index in [0.29, 0.717) is 45.5 Å². The Morgan fingerprint density at radius 1 is 1.17 bits per heavy atom.